The first kappa shape index (κ1) is 24.5. The first-order valence-electron chi connectivity index (χ1n) is 12.1. The highest BCUT2D eigenvalue weighted by molar-refractivity contribution is 5.92. The van der Waals surface area contributed by atoms with Gasteiger partial charge in [-0.1, -0.05) is 0 Å². The fraction of sp³-hybridized carbons (Fsp3) is 0.333. The monoisotopic (exact) mass is 503 g/mol. The Hall–Kier alpha value is -4.18. The zero-order chi connectivity index (χ0) is 25.9. The van der Waals surface area contributed by atoms with Crippen LogP contribution in [0.25, 0.3) is 22.4 Å². The molecule has 1 amide bonds. The number of fused-ring (bicyclic) bond motifs is 1. The summed E-state index contributed by atoms with van der Waals surface area (Å²) in [5, 5.41) is 9.81. The molecule has 2 N–H and O–H groups in total. The number of nitrogens with one attached hydrogen (secondary N) is 1. The van der Waals surface area contributed by atoms with Gasteiger partial charge in [0, 0.05) is 36.9 Å². The number of aromatic nitrogens is 3. The van der Waals surface area contributed by atoms with Crippen LogP contribution in [0.1, 0.15) is 34.5 Å². The molecule has 0 unspecified atom stereocenters. The lowest BCUT2D eigenvalue weighted by Crippen LogP contribution is -2.35. The fourth-order valence-corrected chi connectivity index (χ4v) is 4.80. The molecule has 0 bridgehead atoms. The van der Waals surface area contributed by atoms with Crippen molar-refractivity contribution >= 4 is 22.8 Å². The van der Waals surface area contributed by atoms with Gasteiger partial charge in [0.2, 0.25) is 5.95 Å². The maximum atomic E-state index is 11.5. The van der Waals surface area contributed by atoms with Crippen LogP contribution in [0.2, 0.25) is 0 Å². The molecule has 1 aromatic carbocycles. The first-order valence-corrected chi connectivity index (χ1v) is 12.1. The van der Waals surface area contributed by atoms with E-state index in [1.54, 1.807) is 19.7 Å². The lowest BCUT2D eigenvalue weighted by molar-refractivity contribution is 0.0705. The molecule has 0 atom stereocenters. The van der Waals surface area contributed by atoms with Crippen LogP contribution < -0.4 is 19.9 Å². The molecule has 4 aromatic rings. The van der Waals surface area contributed by atoms with Crippen molar-refractivity contribution in [3.05, 3.63) is 59.6 Å². The number of carbonyl (C=O) groups excluding carboxylic acids is 1. The summed E-state index contributed by atoms with van der Waals surface area (Å²) in [6.45, 7) is 3.53. The van der Waals surface area contributed by atoms with E-state index in [0.29, 0.717) is 23.4 Å². The molecule has 0 radical (unpaired) electrons. The van der Waals surface area contributed by atoms with Crippen LogP contribution in [0.4, 0.5) is 5.95 Å². The van der Waals surface area contributed by atoms with Gasteiger partial charge in [-0.05, 0) is 61.9 Å². The van der Waals surface area contributed by atoms with Gasteiger partial charge in [-0.15, -0.1) is 0 Å². The summed E-state index contributed by atoms with van der Waals surface area (Å²) >= 11 is 0. The van der Waals surface area contributed by atoms with E-state index in [4.69, 9.17) is 24.1 Å². The average molecular weight is 504 g/mol. The van der Waals surface area contributed by atoms with Crippen LogP contribution in [0, 0.1) is 12.8 Å². The Morgan fingerprint density at radius 3 is 2.43 bits per heavy atom. The Kier molecular flexibility index (Phi) is 6.91. The van der Waals surface area contributed by atoms with E-state index >= 15 is 0 Å². The second kappa shape index (κ2) is 10.4. The third-order valence-corrected chi connectivity index (χ3v) is 6.80. The molecule has 5 rings (SSSR count). The van der Waals surface area contributed by atoms with Crippen LogP contribution in [0.15, 0.2) is 47.1 Å². The minimum atomic E-state index is -0.631. The number of rotatable bonds is 7. The van der Waals surface area contributed by atoms with Crippen LogP contribution >= 0.6 is 0 Å². The molecule has 1 aliphatic rings. The van der Waals surface area contributed by atoms with Gasteiger partial charge in [-0.2, -0.15) is 0 Å². The van der Waals surface area contributed by atoms with Crippen LogP contribution in [0.3, 0.4) is 0 Å². The highest BCUT2D eigenvalue weighted by Gasteiger charge is 2.23. The Bertz CT molecular complexity index is 1410. The number of pyridine rings is 1. The Labute approximate surface area is 214 Å². The largest absolute Gasteiger partial charge is 0.493 e. The van der Waals surface area contributed by atoms with Crippen LogP contribution in [0.5, 0.6) is 11.5 Å². The summed E-state index contributed by atoms with van der Waals surface area (Å²) in [5.74, 6) is 3.29. The topological polar surface area (TPSA) is 123 Å². The second-order valence-corrected chi connectivity index (χ2v) is 9.15. The molecule has 37 heavy (non-hydrogen) atoms. The smallest absolute Gasteiger partial charge is 0.277 e. The number of hydrogen-bond donors (Lipinski definition) is 2. The van der Waals surface area contributed by atoms with Crippen molar-refractivity contribution < 1.29 is 23.9 Å². The molecule has 0 spiro atoms. The molecule has 3 aromatic heterocycles. The number of nitrogens with zero attached hydrogens (tertiary/aromatic N) is 4. The fourth-order valence-electron chi connectivity index (χ4n) is 4.80. The summed E-state index contributed by atoms with van der Waals surface area (Å²) in [5.41, 5.74) is 4.61. The third kappa shape index (κ3) is 5.05. The second-order valence-electron chi connectivity index (χ2n) is 9.15. The van der Waals surface area contributed by atoms with Crippen molar-refractivity contribution in [2.45, 2.75) is 26.2 Å². The lowest BCUT2D eigenvalue weighted by Gasteiger charge is -2.32. The molecule has 10 heteroatoms. The van der Waals surface area contributed by atoms with E-state index in [1.807, 2.05) is 31.2 Å². The minimum Gasteiger partial charge on any atom is -0.493 e. The minimum absolute atomic E-state index is 0.209. The number of benzene rings is 1. The Morgan fingerprint density at radius 1 is 1.11 bits per heavy atom. The molecule has 0 aliphatic carbocycles. The molecular formula is C27H29N5O5. The molecule has 1 saturated heterocycles. The number of aryl methyl sites for hydroxylation is 1. The zero-order valence-corrected chi connectivity index (χ0v) is 21.0. The van der Waals surface area contributed by atoms with Crippen LogP contribution in [-0.2, 0) is 6.42 Å². The normalized spacial score (nSPS) is 14.1. The number of piperidine rings is 1. The van der Waals surface area contributed by atoms with E-state index in [1.165, 1.54) is 18.0 Å². The molecule has 1 fully saturated rings. The third-order valence-electron chi connectivity index (χ3n) is 6.80. The van der Waals surface area contributed by atoms with Gasteiger partial charge in [-0.3, -0.25) is 10.0 Å². The number of amides is 1. The van der Waals surface area contributed by atoms with Crippen molar-refractivity contribution in [2.75, 3.05) is 32.2 Å². The number of anilines is 1. The van der Waals surface area contributed by atoms with Gasteiger partial charge in [0.25, 0.3) is 5.91 Å². The van der Waals surface area contributed by atoms with Gasteiger partial charge < -0.3 is 18.8 Å². The van der Waals surface area contributed by atoms with Crippen molar-refractivity contribution in [1.82, 2.24) is 20.4 Å². The number of methoxy groups -OCH3 is 2. The number of furan rings is 1. The molecule has 4 heterocycles. The zero-order valence-electron chi connectivity index (χ0n) is 21.0. The quantitative estimate of drug-likeness (QED) is 0.282. The predicted molar refractivity (Wildman–Crippen MR) is 137 cm³/mol. The van der Waals surface area contributed by atoms with Crippen molar-refractivity contribution in [3.8, 4) is 23.0 Å². The molecular weight excluding hydrogens is 474 g/mol. The highest BCUT2D eigenvalue weighted by Crippen LogP contribution is 2.36. The van der Waals surface area contributed by atoms with Gasteiger partial charge in [0.1, 0.15) is 11.5 Å². The molecule has 1 aliphatic heterocycles. The van der Waals surface area contributed by atoms with E-state index in [2.05, 4.69) is 20.9 Å². The number of hydroxylamine groups is 1. The Morgan fingerprint density at radius 2 is 1.81 bits per heavy atom. The van der Waals surface area contributed by atoms with Gasteiger partial charge in [0.15, 0.2) is 17.3 Å². The number of carbonyl (C=O) groups is 1. The summed E-state index contributed by atoms with van der Waals surface area (Å²) in [6, 6.07) is 9.92. The van der Waals surface area contributed by atoms with Gasteiger partial charge in [0.05, 0.1) is 25.3 Å². The Balaban J connectivity index is 1.39. The van der Waals surface area contributed by atoms with E-state index < -0.39 is 5.91 Å². The molecule has 192 valence electrons. The highest BCUT2D eigenvalue weighted by atomic mass is 16.5. The molecule has 10 nitrogen and oxygen atoms in total. The van der Waals surface area contributed by atoms with E-state index in [-0.39, 0.29) is 5.56 Å². The molecule has 0 saturated carbocycles. The summed E-state index contributed by atoms with van der Waals surface area (Å²) in [4.78, 5) is 27.1. The summed E-state index contributed by atoms with van der Waals surface area (Å²) < 4.78 is 17.0. The SMILES string of the molecule is COc1cc2nc(-c3ccc(C)o3)cc(CC3CCN(c4ncc(C(=O)NO)cn4)CC3)c2cc1OC. The maximum absolute atomic E-state index is 11.5. The summed E-state index contributed by atoms with van der Waals surface area (Å²) in [6.07, 6.45) is 5.65. The van der Waals surface area contributed by atoms with E-state index in [9.17, 15) is 4.79 Å². The van der Waals surface area contributed by atoms with Crippen molar-refractivity contribution in [2.24, 2.45) is 5.92 Å². The number of hydrogen-bond acceptors (Lipinski definition) is 9. The van der Waals surface area contributed by atoms with Gasteiger partial charge in [-0.25, -0.2) is 20.4 Å². The first-order chi connectivity index (χ1) is 18.0. The average Bonchev–Trinajstić information content (AvgIpc) is 3.38. The van der Waals surface area contributed by atoms with Crippen LogP contribution in [-0.4, -0.2) is 53.4 Å². The van der Waals surface area contributed by atoms with Crippen molar-refractivity contribution in [1.29, 1.82) is 0 Å². The predicted octanol–water partition coefficient (Wildman–Crippen LogP) is 4.19. The lowest BCUT2D eigenvalue weighted by atomic mass is 9.88. The maximum Gasteiger partial charge on any atom is 0.277 e. The van der Waals surface area contributed by atoms with Gasteiger partial charge >= 0.3 is 0 Å². The standard InChI is InChI=1S/C27H29N5O5/c1-16-4-5-23(37-16)22-11-18(20-12-24(35-2)25(36-3)13-21(20)30-22)10-17-6-8-32(9-7-17)27-28-14-19(15-29-27)26(33)31-34/h4-5,11-15,17,34H,6-10H2,1-3H3,(H,31,33). The van der Waals surface area contributed by atoms with Crippen molar-refractivity contribution in [3.63, 3.8) is 0 Å². The van der Waals surface area contributed by atoms with E-state index in [0.717, 1.165) is 60.5 Å². The number of ether oxygens (including phenoxy) is 2. The summed E-state index contributed by atoms with van der Waals surface area (Å²) in [7, 11) is 3.26.